The number of aromatic nitrogens is 3. The number of benzene rings is 1. The highest BCUT2D eigenvalue weighted by Gasteiger charge is 2.12. The first-order valence-electron chi connectivity index (χ1n) is 10.4. The third-order valence-electron chi connectivity index (χ3n) is 5.00. The van der Waals surface area contributed by atoms with Gasteiger partial charge in [-0.05, 0) is 50.1 Å². The van der Waals surface area contributed by atoms with Crippen molar-refractivity contribution in [2.24, 2.45) is 0 Å². The van der Waals surface area contributed by atoms with Gasteiger partial charge in [0.15, 0.2) is 5.16 Å². The average molecular weight is 436 g/mol. The molecule has 0 aliphatic heterocycles. The second-order valence-electron chi connectivity index (χ2n) is 7.45. The Morgan fingerprint density at radius 1 is 1.10 bits per heavy atom. The Morgan fingerprint density at radius 2 is 1.87 bits per heavy atom. The predicted octanol–water partition coefficient (Wildman–Crippen LogP) is 4.56. The normalized spacial score (nSPS) is 10.7. The fraction of sp³-hybridized carbons (Fsp3) is 0.333. The van der Waals surface area contributed by atoms with Gasteiger partial charge < -0.3 is 10.2 Å². The summed E-state index contributed by atoms with van der Waals surface area (Å²) < 4.78 is 0. The van der Waals surface area contributed by atoms with Crippen molar-refractivity contribution in [2.45, 2.75) is 44.6 Å². The van der Waals surface area contributed by atoms with Crippen LogP contribution >= 0.6 is 11.8 Å². The number of nitrogens with zero attached hydrogens (tertiary/aromatic N) is 4. The molecule has 0 aliphatic carbocycles. The van der Waals surface area contributed by atoms with Gasteiger partial charge in [-0.3, -0.25) is 9.78 Å². The van der Waals surface area contributed by atoms with Crippen molar-refractivity contribution in [2.75, 3.05) is 18.5 Å². The Labute approximate surface area is 188 Å². The van der Waals surface area contributed by atoms with E-state index in [0.29, 0.717) is 12.1 Å². The molecule has 0 bridgehead atoms. The van der Waals surface area contributed by atoms with Crippen molar-refractivity contribution < 1.29 is 4.79 Å². The highest BCUT2D eigenvalue weighted by Crippen LogP contribution is 2.25. The summed E-state index contributed by atoms with van der Waals surface area (Å²) in [5.41, 5.74) is 4.73. The van der Waals surface area contributed by atoms with Crippen LogP contribution in [-0.2, 0) is 12.3 Å². The van der Waals surface area contributed by atoms with Gasteiger partial charge in [0.05, 0.1) is 12.2 Å². The maximum atomic E-state index is 12.4. The zero-order valence-electron chi connectivity index (χ0n) is 18.6. The molecular formula is C24H29N5OS. The minimum absolute atomic E-state index is 0.106. The molecule has 0 atom stereocenters. The number of pyridine rings is 1. The zero-order chi connectivity index (χ0) is 22.2. The van der Waals surface area contributed by atoms with Crippen LogP contribution < -0.4 is 10.2 Å². The molecule has 6 nitrogen and oxygen atoms in total. The van der Waals surface area contributed by atoms with E-state index in [4.69, 9.17) is 4.98 Å². The Morgan fingerprint density at radius 3 is 2.55 bits per heavy atom. The minimum Gasteiger partial charge on any atom is -0.359 e. The lowest BCUT2D eigenvalue weighted by atomic mass is 10.1. The van der Waals surface area contributed by atoms with Gasteiger partial charge in [-0.2, -0.15) is 0 Å². The number of carbonyl (C=O) groups is 1. The van der Waals surface area contributed by atoms with Gasteiger partial charge in [0.1, 0.15) is 5.82 Å². The van der Waals surface area contributed by atoms with Crippen LogP contribution in [0.3, 0.4) is 0 Å². The molecule has 2 heterocycles. The number of nitrogens with one attached hydrogen (secondary N) is 1. The minimum atomic E-state index is -0.106. The quantitative estimate of drug-likeness (QED) is 0.393. The van der Waals surface area contributed by atoms with Crippen LogP contribution in [-0.4, -0.2) is 34.5 Å². The standard InChI is InChI=1S/C24H29N5OS/c1-5-14-29(4)22-17(2)18(3)27-24(28-22)31-16-19-9-11-20(12-10-19)23(30)26-15-21-8-6-7-13-25-21/h6-13H,5,14-16H2,1-4H3,(H,26,30). The zero-order valence-corrected chi connectivity index (χ0v) is 19.4. The molecule has 0 unspecified atom stereocenters. The molecule has 2 aromatic heterocycles. The van der Waals surface area contributed by atoms with Crippen molar-refractivity contribution in [3.63, 3.8) is 0 Å². The summed E-state index contributed by atoms with van der Waals surface area (Å²) in [5, 5.41) is 3.68. The number of anilines is 1. The van der Waals surface area contributed by atoms with Crippen LogP contribution in [0, 0.1) is 13.8 Å². The van der Waals surface area contributed by atoms with Gasteiger partial charge in [-0.25, -0.2) is 9.97 Å². The maximum absolute atomic E-state index is 12.4. The Hall–Kier alpha value is -2.93. The van der Waals surface area contributed by atoms with E-state index >= 15 is 0 Å². The van der Waals surface area contributed by atoms with Gasteiger partial charge in [0, 0.05) is 42.4 Å². The average Bonchev–Trinajstić information content (AvgIpc) is 2.79. The molecule has 3 rings (SSSR count). The molecule has 1 amide bonds. The number of thioether (sulfide) groups is 1. The van der Waals surface area contributed by atoms with Gasteiger partial charge >= 0.3 is 0 Å². The van der Waals surface area contributed by atoms with Crippen molar-refractivity contribution in [1.29, 1.82) is 0 Å². The first-order chi connectivity index (χ1) is 15.0. The Bertz CT molecular complexity index is 1010. The number of aryl methyl sites for hydroxylation is 1. The number of hydrogen-bond donors (Lipinski definition) is 1. The number of rotatable bonds is 9. The summed E-state index contributed by atoms with van der Waals surface area (Å²) in [4.78, 5) is 28.2. The smallest absolute Gasteiger partial charge is 0.251 e. The summed E-state index contributed by atoms with van der Waals surface area (Å²) >= 11 is 1.61. The molecule has 0 fully saturated rings. The van der Waals surface area contributed by atoms with E-state index in [9.17, 15) is 4.79 Å². The second kappa shape index (κ2) is 10.9. The molecule has 3 aromatic rings. The lowest BCUT2D eigenvalue weighted by Crippen LogP contribution is -2.23. The molecule has 162 valence electrons. The van der Waals surface area contributed by atoms with Gasteiger partial charge in [0.25, 0.3) is 5.91 Å². The van der Waals surface area contributed by atoms with Gasteiger partial charge in [0.2, 0.25) is 0 Å². The summed E-state index contributed by atoms with van der Waals surface area (Å²) in [5.74, 6) is 1.64. The topological polar surface area (TPSA) is 71.0 Å². The fourth-order valence-electron chi connectivity index (χ4n) is 3.14. The van der Waals surface area contributed by atoms with Crippen LogP contribution in [0.5, 0.6) is 0 Å². The van der Waals surface area contributed by atoms with E-state index in [-0.39, 0.29) is 5.91 Å². The fourth-order valence-corrected chi connectivity index (χ4v) is 3.98. The highest BCUT2D eigenvalue weighted by molar-refractivity contribution is 7.98. The highest BCUT2D eigenvalue weighted by atomic mass is 32.2. The maximum Gasteiger partial charge on any atom is 0.251 e. The molecule has 0 saturated heterocycles. The Balaban J connectivity index is 1.59. The number of amides is 1. The van der Waals surface area contributed by atoms with Crippen LogP contribution in [0.4, 0.5) is 5.82 Å². The monoisotopic (exact) mass is 435 g/mol. The summed E-state index contributed by atoms with van der Waals surface area (Å²) in [6.45, 7) is 7.64. The second-order valence-corrected chi connectivity index (χ2v) is 8.39. The van der Waals surface area contributed by atoms with Crippen molar-refractivity contribution >= 4 is 23.5 Å². The molecule has 0 saturated carbocycles. The van der Waals surface area contributed by atoms with Crippen molar-refractivity contribution in [3.8, 4) is 0 Å². The molecule has 31 heavy (non-hydrogen) atoms. The van der Waals surface area contributed by atoms with Crippen LogP contribution in [0.1, 0.15) is 46.2 Å². The summed E-state index contributed by atoms with van der Waals surface area (Å²) in [6, 6.07) is 13.3. The SMILES string of the molecule is CCCN(C)c1nc(SCc2ccc(C(=O)NCc3ccccn3)cc2)nc(C)c1C. The van der Waals surface area contributed by atoms with E-state index in [2.05, 4.69) is 41.1 Å². The van der Waals surface area contributed by atoms with E-state index in [0.717, 1.165) is 52.2 Å². The third-order valence-corrected chi connectivity index (χ3v) is 5.92. The number of carbonyl (C=O) groups excluding carboxylic acids is 1. The van der Waals surface area contributed by atoms with E-state index in [1.807, 2.05) is 49.4 Å². The molecule has 0 spiro atoms. The van der Waals surface area contributed by atoms with Gasteiger partial charge in [-0.1, -0.05) is 36.9 Å². The van der Waals surface area contributed by atoms with Crippen LogP contribution in [0.25, 0.3) is 0 Å². The third kappa shape index (κ3) is 6.28. The first-order valence-corrected chi connectivity index (χ1v) is 11.4. The molecule has 0 radical (unpaired) electrons. The van der Waals surface area contributed by atoms with Gasteiger partial charge in [-0.15, -0.1) is 0 Å². The molecule has 1 N–H and O–H groups in total. The van der Waals surface area contributed by atoms with E-state index in [1.165, 1.54) is 0 Å². The summed E-state index contributed by atoms with van der Waals surface area (Å²) in [7, 11) is 2.07. The predicted molar refractivity (Wildman–Crippen MR) is 126 cm³/mol. The Kier molecular flexibility index (Phi) is 8.00. The molecule has 0 aliphatic rings. The molecule has 7 heteroatoms. The molecule has 1 aromatic carbocycles. The van der Waals surface area contributed by atoms with Crippen molar-refractivity contribution in [1.82, 2.24) is 20.3 Å². The largest absolute Gasteiger partial charge is 0.359 e. The lowest BCUT2D eigenvalue weighted by molar-refractivity contribution is 0.0950. The first kappa shape index (κ1) is 22.7. The van der Waals surface area contributed by atoms with Crippen molar-refractivity contribution in [3.05, 3.63) is 76.7 Å². The lowest BCUT2D eigenvalue weighted by Gasteiger charge is -2.20. The van der Waals surface area contributed by atoms with E-state index < -0.39 is 0 Å². The van der Waals surface area contributed by atoms with Crippen LogP contribution in [0.2, 0.25) is 0 Å². The molecular weight excluding hydrogens is 406 g/mol. The van der Waals surface area contributed by atoms with Crippen LogP contribution in [0.15, 0.2) is 53.8 Å². The summed E-state index contributed by atoms with van der Waals surface area (Å²) in [6.07, 6.45) is 2.79. The van der Waals surface area contributed by atoms with E-state index in [1.54, 1.807) is 18.0 Å². The number of hydrogen-bond acceptors (Lipinski definition) is 6.